The molecule has 0 aromatic carbocycles. The standard InChI is InChI=1S/C13H13ClN2OS2/c14-6-9-7-18-13(15-9)16-12(17)11-5-8-3-1-2-4-10(8)19-11/h5,7H,1-4,6H2,(H,15,16,17). The third kappa shape index (κ3) is 2.83. The maximum absolute atomic E-state index is 12.2. The van der Waals surface area contributed by atoms with E-state index in [9.17, 15) is 4.79 Å². The summed E-state index contributed by atoms with van der Waals surface area (Å²) in [6.07, 6.45) is 4.68. The predicted octanol–water partition coefficient (Wildman–Crippen LogP) is 4.07. The molecule has 0 spiro atoms. The minimum atomic E-state index is -0.0603. The quantitative estimate of drug-likeness (QED) is 0.868. The molecule has 1 aliphatic rings. The lowest BCUT2D eigenvalue weighted by Crippen LogP contribution is -2.09. The normalized spacial score (nSPS) is 14.2. The number of halogens is 1. The van der Waals surface area contributed by atoms with E-state index < -0.39 is 0 Å². The van der Waals surface area contributed by atoms with Gasteiger partial charge in [-0.3, -0.25) is 10.1 Å². The number of alkyl halides is 1. The highest BCUT2D eigenvalue weighted by Crippen LogP contribution is 2.30. The first-order chi connectivity index (χ1) is 9.26. The number of carbonyl (C=O) groups is 1. The van der Waals surface area contributed by atoms with E-state index in [1.165, 1.54) is 34.6 Å². The summed E-state index contributed by atoms with van der Waals surface area (Å²) >= 11 is 8.72. The topological polar surface area (TPSA) is 42.0 Å². The number of nitrogens with one attached hydrogen (secondary N) is 1. The van der Waals surface area contributed by atoms with Crippen molar-refractivity contribution in [1.82, 2.24) is 4.98 Å². The van der Waals surface area contributed by atoms with Gasteiger partial charge in [-0.15, -0.1) is 34.3 Å². The molecule has 2 aromatic rings. The van der Waals surface area contributed by atoms with Crippen LogP contribution in [-0.4, -0.2) is 10.9 Å². The Kier molecular flexibility index (Phi) is 3.86. The van der Waals surface area contributed by atoms with Gasteiger partial charge in [-0.25, -0.2) is 4.98 Å². The van der Waals surface area contributed by atoms with Crippen LogP contribution in [0.3, 0.4) is 0 Å². The van der Waals surface area contributed by atoms with Gasteiger partial charge in [0.2, 0.25) is 0 Å². The number of anilines is 1. The summed E-state index contributed by atoms with van der Waals surface area (Å²) in [5, 5.41) is 5.32. The summed E-state index contributed by atoms with van der Waals surface area (Å²) in [5.74, 6) is 0.314. The Hall–Kier alpha value is -0.910. The molecule has 1 aliphatic carbocycles. The highest BCUT2D eigenvalue weighted by Gasteiger charge is 2.17. The molecule has 0 radical (unpaired) electrons. The van der Waals surface area contributed by atoms with Crippen LogP contribution < -0.4 is 5.32 Å². The van der Waals surface area contributed by atoms with Gasteiger partial charge in [0.1, 0.15) is 0 Å². The second-order valence-corrected chi connectivity index (χ2v) is 6.76. The highest BCUT2D eigenvalue weighted by molar-refractivity contribution is 7.15. The van der Waals surface area contributed by atoms with Crippen LogP contribution in [0.5, 0.6) is 0 Å². The Balaban J connectivity index is 1.74. The first kappa shape index (κ1) is 13.1. The first-order valence-electron chi connectivity index (χ1n) is 6.19. The molecule has 100 valence electrons. The molecule has 1 N–H and O–H groups in total. The predicted molar refractivity (Wildman–Crippen MR) is 80.6 cm³/mol. The second kappa shape index (κ2) is 5.61. The summed E-state index contributed by atoms with van der Waals surface area (Å²) < 4.78 is 0. The molecule has 0 atom stereocenters. The van der Waals surface area contributed by atoms with Crippen LogP contribution >= 0.6 is 34.3 Å². The second-order valence-electron chi connectivity index (χ2n) is 4.50. The van der Waals surface area contributed by atoms with Crippen LogP contribution in [0.4, 0.5) is 5.13 Å². The van der Waals surface area contributed by atoms with Crippen molar-refractivity contribution in [3.05, 3.63) is 32.5 Å². The molecule has 0 fully saturated rings. The maximum Gasteiger partial charge on any atom is 0.267 e. The third-order valence-electron chi connectivity index (χ3n) is 3.13. The molecule has 0 aliphatic heterocycles. The number of amides is 1. The van der Waals surface area contributed by atoms with Crippen molar-refractivity contribution in [3.8, 4) is 0 Å². The van der Waals surface area contributed by atoms with Gasteiger partial charge in [0, 0.05) is 10.3 Å². The lowest BCUT2D eigenvalue weighted by molar-refractivity contribution is 0.103. The monoisotopic (exact) mass is 312 g/mol. The fraction of sp³-hybridized carbons (Fsp3) is 0.385. The number of fused-ring (bicyclic) bond motifs is 1. The van der Waals surface area contributed by atoms with Crippen molar-refractivity contribution < 1.29 is 4.79 Å². The maximum atomic E-state index is 12.2. The van der Waals surface area contributed by atoms with Gasteiger partial charge >= 0.3 is 0 Å². The van der Waals surface area contributed by atoms with Crippen LogP contribution in [0.15, 0.2) is 11.4 Å². The Labute approximate surface area is 124 Å². The molecule has 1 amide bonds. The zero-order valence-corrected chi connectivity index (χ0v) is 12.6. The Morgan fingerprint density at radius 3 is 3.00 bits per heavy atom. The van der Waals surface area contributed by atoms with E-state index in [-0.39, 0.29) is 5.91 Å². The molecular weight excluding hydrogens is 300 g/mol. The van der Waals surface area contributed by atoms with Gasteiger partial charge in [0.05, 0.1) is 16.5 Å². The number of aryl methyl sites for hydroxylation is 2. The number of rotatable bonds is 3. The molecule has 0 saturated carbocycles. The van der Waals surface area contributed by atoms with Gasteiger partial charge in [0.15, 0.2) is 5.13 Å². The molecule has 0 saturated heterocycles. The van der Waals surface area contributed by atoms with E-state index in [1.54, 1.807) is 11.3 Å². The fourth-order valence-corrected chi connectivity index (χ4v) is 4.27. The summed E-state index contributed by atoms with van der Waals surface area (Å²) in [5.41, 5.74) is 2.15. The van der Waals surface area contributed by atoms with Gasteiger partial charge in [-0.2, -0.15) is 0 Å². The molecule has 2 aromatic heterocycles. The van der Waals surface area contributed by atoms with Gasteiger partial charge < -0.3 is 0 Å². The van der Waals surface area contributed by atoms with Crippen molar-refractivity contribution in [3.63, 3.8) is 0 Å². The third-order valence-corrected chi connectivity index (χ3v) is 5.45. The van der Waals surface area contributed by atoms with E-state index in [4.69, 9.17) is 11.6 Å². The van der Waals surface area contributed by atoms with Crippen molar-refractivity contribution in [2.75, 3.05) is 5.32 Å². The largest absolute Gasteiger partial charge is 0.297 e. The summed E-state index contributed by atoms with van der Waals surface area (Å²) in [6.45, 7) is 0. The summed E-state index contributed by atoms with van der Waals surface area (Å²) in [6, 6.07) is 2.03. The van der Waals surface area contributed by atoms with Crippen molar-refractivity contribution >= 4 is 45.3 Å². The molecule has 6 heteroatoms. The lowest BCUT2D eigenvalue weighted by Gasteiger charge is -2.08. The van der Waals surface area contributed by atoms with Crippen molar-refractivity contribution in [2.24, 2.45) is 0 Å². The molecule has 3 rings (SSSR count). The molecule has 0 bridgehead atoms. The van der Waals surface area contributed by atoms with Gasteiger partial charge in [0.25, 0.3) is 5.91 Å². The average molecular weight is 313 g/mol. The van der Waals surface area contributed by atoms with E-state index >= 15 is 0 Å². The minimum absolute atomic E-state index is 0.0603. The first-order valence-corrected chi connectivity index (χ1v) is 8.42. The number of nitrogens with zero attached hydrogens (tertiary/aromatic N) is 1. The molecular formula is C13H13ClN2OS2. The van der Waals surface area contributed by atoms with Crippen molar-refractivity contribution in [2.45, 2.75) is 31.6 Å². The smallest absolute Gasteiger partial charge is 0.267 e. The number of hydrogen-bond acceptors (Lipinski definition) is 4. The highest BCUT2D eigenvalue weighted by atomic mass is 35.5. The zero-order valence-electron chi connectivity index (χ0n) is 10.2. The minimum Gasteiger partial charge on any atom is -0.297 e. The van der Waals surface area contributed by atoms with Crippen LogP contribution in [-0.2, 0) is 18.7 Å². The van der Waals surface area contributed by atoms with Crippen molar-refractivity contribution in [1.29, 1.82) is 0 Å². The van der Waals surface area contributed by atoms with Crippen LogP contribution in [0.2, 0.25) is 0 Å². The average Bonchev–Trinajstić information content (AvgIpc) is 3.04. The molecule has 0 unspecified atom stereocenters. The SMILES string of the molecule is O=C(Nc1nc(CCl)cs1)c1cc2c(s1)CCCC2. The van der Waals surface area contributed by atoms with Crippen LogP contribution in [0, 0.1) is 0 Å². The Morgan fingerprint density at radius 2 is 2.26 bits per heavy atom. The molecule has 3 nitrogen and oxygen atoms in total. The van der Waals surface area contributed by atoms with Gasteiger partial charge in [-0.05, 0) is 37.3 Å². The number of carbonyl (C=O) groups excluding carboxylic acids is 1. The summed E-state index contributed by atoms with van der Waals surface area (Å²) in [7, 11) is 0. The number of hydrogen-bond donors (Lipinski definition) is 1. The molecule has 2 heterocycles. The van der Waals surface area contributed by atoms with E-state index in [1.807, 2.05) is 11.4 Å². The van der Waals surface area contributed by atoms with Crippen LogP contribution in [0.1, 0.15) is 38.6 Å². The Bertz CT molecular complexity index is 582. The van der Waals surface area contributed by atoms with Gasteiger partial charge in [-0.1, -0.05) is 0 Å². The number of thiazole rings is 1. The zero-order chi connectivity index (χ0) is 13.2. The number of aromatic nitrogens is 1. The Morgan fingerprint density at radius 1 is 1.42 bits per heavy atom. The van der Waals surface area contributed by atoms with Crippen LogP contribution in [0.25, 0.3) is 0 Å². The van der Waals surface area contributed by atoms with E-state index in [0.29, 0.717) is 11.0 Å². The molecule has 19 heavy (non-hydrogen) atoms. The lowest BCUT2D eigenvalue weighted by atomic mass is 9.99. The van der Waals surface area contributed by atoms with E-state index in [2.05, 4.69) is 10.3 Å². The number of thiophene rings is 1. The fourth-order valence-electron chi connectivity index (χ4n) is 2.19. The van der Waals surface area contributed by atoms with E-state index in [0.717, 1.165) is 23.4 Å². The summed E-state index contributed by atoms with van der Waals surface area (Å²) in [4.78, 5) is 18.6.